The summed E-state index contributed by atoms with van der Waals surface area (Å²) in [5.74, 6) is -0.361. The molecule has 118 valence electrons. The van der Waals surface area contributed by atoms with E-state index >= 15 is 0 Å². The van der Waals surface area contributed by atoms with Gasteiger partial charge in [-0.05, 0) is 35.8 Å². The van der Waals surface area contributed by atoms with Gasteiger partial charge < -0.3 is 10.7 Å². The van der Waals surface area contributed by atoms with Crippen molar-refractivity contribution >= 4 is 27.5 Å². The Bertz CT molecular complexity index is 710. The molecule has 0 saturated carbocycles. The Morgan fingerprint density at radius 2 is 1.96 bits per heavy atom. The Morgan fingerprint density at radius 1 is 1.22 bits per heavy atom. The number of hydrogen-bond acceptors (Lipinski definition) is 2. The lowest BCUT2D eigenvalue weighted by molar-refractivity contribution is -0.123. The van der Waals surface area contributed by atoms with Crippen LogP contribution in [0, 0.1) is 11.3 Å². The number of hydrogen-bond donors (Lipinski definition) is 2. The van der Waals surface area contributed by atoms with E-state index in [1.54, 1.807) is 19.2 Å². The van der Waals surface area contributed by atoms with Crippen LogP contribution in [0.15, 0.2) is 71.2 Å². The second kappa shape index (κ2) is 8.44. The lowest BCUT2D eigenvalue weighted by atomic mass is 9.97. The smallest absolute Gasteiger partial charge is 0.227 e. The van der Waals surface area contributed by atoms with Crippen molar-refractivity contribution in [2.75, 3.05) is 7.05 Å². The fraction of sp³-hybridized carbons (Fsp3) is 0.158. The number of nitrogens with one attached hydrogen (secondary N) is 2. The average molecular weight is 371 g/mol. The van der Waals surface area contributed by atoms with Crippen molar-refractivity contribution in [3.63, 3.8) is 0 Å². The minimum Gasteiger partial charge on any atom is -0.359 e. The van der Waals surface area contributed by atoms with Crippen molar-refractivity contribution in [3.05, 3.63) is 82.3 Å². The Morgan fingerprint density at radius 3 is 2.61 bits per heavy atom. The first-order valence-corrected chi connectivity index (χ1v) is 8.17. The largest absolute Gasteiger partial charge is 0.359 e. The summed E-state index contributed by atoms with van der Waals surface area (Å²) >= 11 is 3.45. The van der Waals surface area contributed by atoms with E-state index in [4.69, 9.17) is 5.41 Å². The molecule has 2 rings (SSSR count). The van der Waals surface area contributed by atoms with Gasteiger partial charge in [-0.3, -0.25) is 4.79 Å². The van der Waals surface area contributed by atoms with Crippen molar-refractivity contribution in [1.29, 1.82) is 5.41 Å². The van der Waals surface area contributed by atoms with Gasteiger partial charge in [0, 0.05) is 11.5 Å². The number of carbonyl (C=O) groups excluding carboxylic acids is 1. The molecule has 0 aliphatic carbocycles. The zero-order valence-corrected chi connectivity index (χ0v) is 14.5. The third-order valence-electron chi connectivity index (χ3n) is 3.51. The van der Waals surface area contributed by atoms with Crippen LogP contribution in [0.3, 0.4) is 0 Å². The van der Waals surface area contributed by atoms with Crippen LogP contribution in [0.2, 0.25) is 0 Å². The molecule has 0 spiro atoms. The Balaban J connectivity index is 2.14. The summed E-state index contributed by atoms with van der Waals surface area (Å²) in [5.41, 5.74) is 2.31. The zero-order chi connectivity index (χ0) is 16.7. The van der Waals surface area contributed by atoms with Crippen molar-refractivity contribution in [1.82, 2.24) is 5.32 Å². The standard InChI is InChI=1S/C19H19BrN2O/c1-22-19(23)16(12-14-6-5-9-17(20)13-14)10-11-18(21)15-7-3-2-4-8-15/h2-11,13,16,21H,12H2,1H3,(H,22,23)/b11-10+,21-18?/t16-/m0/s1. The zero-order valence-electron chi connectivity index (χ0n) is 12.9. The number of rotatable bonds is 6. The minimum absolute atomic E-state index is 0.0536. The van der Waals surface area contributed by atoms with Crippen LogP contribution in [0.4, 0.5) is 0 Å². The first-order valence-electron chi connectivity index (χ1n) is 7.38. The summed E-state index contributed by atoms with van der Waals surface area (Å²) in [4.78, 5) is 12.1. The van der Waals surface area contributed by atoms with Gasteiger partial charge in [-0.15, -0.1) is 0 Å². The lowest BCUT2D eigenvalue weighted by Gasteiger charge is -2.12. The highest BCUT2D eigenvalue weighted by Crippen LogP contribution is 2.16. The molecule has 1 amide bonds. The number of amides is 1. The maximum Gasteiger partial charge on any atom is 0.227 e. The van der Waals surface area contributed by atoms with Gasteiger partial charge in [0.2, 0.25) is 5.91 Å². The molecule has 2 aromatic rings. The Labute approximate surface area is 145 Å². The van der Waals surface area contributed by atoms with Crippen molar-refractivity contribution in [3.8, 4) is 0 Å². The number of benzene rings is 2. The molecule has 0 aromatic heterocycles. The molecule has 0 bridgehead atoms. The predicted octanol–water partition coefficient (Wildman–Crippen LogP) is 3.98. The molecule has 0 fully saturated rings. The van der Waals surface area contributed by atoms with Crippen LogP contribution in [0.1, 0.15) is 11.1 Å². The van der Waals surface area contributed by atoms with Crippen molar-refractivity contribution in [2.24, 2.45) is 5.92 Å². The van der Waals surface area contributed by atoms with Crippen LogP contribution in [0.25, 0.3) is 0 Å². The summed E-state index contributed by atoms with van der Waals surface area (Å²) in [6.07, 6.45) is 4.10. The number of halogens is 1. The normalized spacial score (nSPS) is 12.1. The Kier molecular flexibility index (Phi) is 6.29. The molecule has 4 heteroatoms. The molecule has 0 aliphatic heterocycles. The second-order valence-corrected chi connectivity index (χ2v) is 6.11. The minimum atomic E-state index is -0.307. The van der Waals surface area contributed by atoms with Crippen LogP contribution < -0.4 is 5.32 Å². The van der Waals surface area contributed by atoms with Crippen molar-refractivity contribution in [2.45, 2.75) is 6.42 Å². The first-order chi connectivity index (χ1) is 11.1. The van der Waals surface area contributed by atoms with E-state index in [1.165, 1.54) is 0 Å². The SMILES string of the molecule is CNC(=O)[C@@H](/C=C/C(=N)c1ccccc1)Cc1cccc(Br)c1. The number of allylic oxidation sites excluding steroid dienone is 1. The molecule has 23 heavy (non-hydrogen) atoms. The van der Waals surface area contributed by atoms with Gasteiger partial charge >= 0.3 is 0 Å². The fourth-order valence-electron chi connectivity index (χ4n) is 2.28. The highest BCUT2D eigenvalue weighted by atomic mass is 79.9. The summed E-state index contributed by atoms with van der Waals surface area (Å²) in [7, 11) is 1.63. The summed E-state index contributed by atoms with van der Waals surface area (Å²) in [6.45, 7) is 0. The molecule has 1 atom stereocenters. The average Bonchev–Trinajstić information content (AvgIpc) is 2.58. The molecule has 2 N–H and O–H groups in total. The van der Waals surface area contributed by atoms with E-state index in [9.17, 15) is 4.79 Å². The quantitative estimate of drug-likeness (QED) is 0.742. The summed E-state index contributed by atoms with van der Waals surface area (Å²) in [5, 5.41) is 10.8. The van der Waals surface area contributed by atoms with Gasteiger partial charge in [-0.25, -0.2) is 0 Å². The first kappa shape index (κ1) is 17.2. The molecule has 3 nitrogen and oxygen atoms in total. The van der Waals surface area contributed by atoms with E-state index < -0.39 is 0 Å². The van der Waals surface area contributed by atoms with Crippen LogP contribution in [-0.2, 0) is 11.2 Å². The third-order valence-corrected chi connectivity index (χ3v) is 4.00. The molecule has 0 saturated heterocycles. The molecule has 0 aliphatic rings. The predicted molar refractivity (Wildman–Crippen MR) is 97.8 cm³/mol. The molecule has 0 unspecified atom stereocenters. The molecular weight excluding hydrogens is 352 g/mol. The van der Waals surface area contributed by atoms with Crippen LogP contribution >= 0.6 is 15.9 Å². The molecule has 0 heterocycles. The van der Waals surface area contributed by atoms with Crippen LogP contribution in [-0.4, -0.2) is 18.7 Å². The summed E-state index contributed by atoms with van der Waals surface area (Å²) in [6, 6.07) is 17.4. The Hall–Kier alpha value is -2.20. The van der Waals surface area contributed by atoms with E-state index in [1.807, 2.05) is 54.6 Å². The van der Waals surface area contributed by atoms with Gasteiger partial charge in [0.1, 0.15) is 0 Å². The van der Waals surface area contributed by atoms with Crippen LogP contribution in [0.5, 0.6) is 0 Å². The van der Waals surface area contributed by atoms with Gasteiger partial charge in [-0.1, -0.05) is 64.5 Å². The number of carbonyl (C=O) groups is 1. The van der Waals surface area contributed by atoms with Crippen molar-refractivity contribution < 1.29 is 4.79 Å². The van der Waals surface area contributed by atoms with E-state index in [2.05, 4.69) is 21.2 Å². The van der Waals surface area contributed by atoms with Gasteiger partial charge in [0.25, 0.3) is 0 Å². The highest BCUT2D eigenvalue weighted by Gasteiger charge is 2.15. The molecule has 0 radical (unpaired) electrons. The van der Waals surface area contributed by atoms with E-state index in [0.717, 1.165) is 15.6 Å². The second-order valence-electron chi connectivity index (χ2n) is 5.19. The van der Waals surface area contributed by atoms with Gasteiger partial charge in [0.05, 0.1) is 11.6 Å². The van der Waals surface area contributed by atoms with Gasteiger partial charge in [0.15, 0.2) is 0 Å². The third kappa shape index (κ3) is 5.18. The summed E-state index contributed by atoms with van der Waals surface area (Å²) < 4.78 is 0.992. The topological polar surface area (TPSA) is 53.0 Å². The van der Waals surface area contributed by atoms with Gasteiger partial charge in [-0.2, -0.15) is 0 Å². The lowest BCUT2D eigenvalue weighted by Crippen LogP contribution is -2.27. The van der Waals surface area contributed by atoms with E-state index in [-0.39, 0.29) is 11.8 Å². The molecule has 2 aromatic carbocycles. The molecular formula is C19H19BrN2O. The van der Waals surface area contributed by atoms with E-state index in [0.29, 0.717) is 12.1 Å². The maximum absolute atomic E-state index is 12.1. The highest BCUT2D eigenvalue weighted by molar-refractivity contribution is 9.10. The fourth-order valence-corrected chi connectivity index (χ4v) is 2.72. The monoisotopic (exact) mass is 370 g/mol. The maximum atomic E-state index is 12.1.